The number of nitrogens with one attached hydrogen (secondary N) is 1. The molecule has 6 nitrogen and oxygen atoms in total. The van der Waals surface area contributed by atoms with Crippen molar-refractivity contribution >= 4 is 28.6 Å². The third-order valence-corrected chi connectivity index (χ3v) is 0.975. The summed E-state index contributed by atoms with van der Waals surface area (Å²) in [5, 5.41) is 4.64. The summed E-state index contributed by atoms with van der Waals surface area (Å²) < 4.78 is 0. The summed E-state index contributed by atoms with van der Waals surface area (Å²) in [4.78, 5) is 24.5. The Morgan fingerprint density at radius 3 is 2.82 bits per heavy atom. The van der Waals surface area contributed by atoms with Gasteiger partial charge in [0.1, 0.15) is 5.55 Å². The Labute approximate surface area is 67.1 Å². The molecule has 0 heterocycles. The fourth-order valence-electron chi connectivity index (χ4n) is 0.188. The van der Waals surface area contributed by atoms with Crippen LogP contribution in [0.5, 0.6) is 0 Å². The number of amides is 2. The molecule has 0 saturated carbocycles. The molecule has 0 atom stereocenters. The van der Waals surface area contributed by atoms with Crippen molar-refractivity contribution in [2.45, 2.75) is 0 Å². The maximum atomic E-state index is 10.3. The zero-order valence-electron chi connectivity index (χ0n) is 5.73. The van der Waals surface area contributed by atoms with E-state index < -0.39 is 11.3 Å². The van der Waals surface area contributed by atoms with Gasteiger partial charge in [-0.05, 0) is 11.8 Å². The second kappa shape index (κ2) is 5.54. The van der Waals surface area contributed by atoms with Gasteiger partial charge >= 0.3 is 6.09 Å². The molecular formula is C4H7N3O3S. The summed E-state index contributed by atoms with van der Waals surface area (Å²) in [5.74, 6) is 0. The van der Waals surface area contributed by atoms with E-state index in [-0.39, 0.29) is 0 Å². The van der Waals surface area contributed by atoms with Crippen LogP contribution in [0.2, 0.25) is 0 Å². The van der Waals surface area contributed by atoms with Gasteiger partial charge in [-0.3, -0.25) is 9.63 Å². The number of thioether (sulfide) groups is 1. The summed E-state index contributed by atoms with van der Waals surface area (Å²) in [6, 6.07) is 0. The molecule has 0 aromatic heterocycles. The standard InChI is InChI=1S/C4H7N3O3S/c1-6-4(9)10-7-2-11-3(5)8/h2H,1H3,(H2,5,8)(H,6,9). The maximum absolute atomic E-state index is 10.3. The molecule has 0 saturated heterocycles. The molecule has 7 heteroatoms. The van der Waals surface area contributed by atoms with Crippen LogP contribution < -0.4 is 11.1 Å². The Bertz CT molecular complexity index is 181. The van der Waals surface area contributed by atoms with Crippen molar-refractivity contribution in [2.75, 3.05) is 7.05 Å². The Hall–Kier alpha value is -1.24. The third kappa shape index (κ3) is 6.65. The highest BCUT2D eigenvalue weighted by Gasteiger charge is 1.93. The molecular weight excluding hydrogens is 170 g/mol. The van der Waals surface area contributed by atoms with Crippen LogP contribution in [0, 0.1) is 0 Å². The van der Waals surface area contributed by atoms with Gasteiger partial charge in [0.2, 0.25) is 0 Å². The zero-order chi connectivity index (χ0) is 8.69. The number of rotatable bonds is 2. The number of nitrogens with two attached hydrogens (primary N) is 1. The van der Waals surface area contributed by atoms with E-state index in [0.717, 1.165) is 5.55 Å². The van der Waals surface area contributed by atoms with Gasteiger partial charge in [0.05, 0.1) is 0 Å². The summed E-state index contributed by atoms with van der Waals surface area (Å²) in [6.07, 6.45) is -0.702. The van der Waals surface area contributed by atoms with Crippen molar-refractivity contribution in [1.29, 1.82) is 0 Å². The third-order valence-electron chi connectivity index (χ3n) is 0.552. The molecule has 2 amide bonds. The highest BCUT2D eigenvalue weighted by Crippen LogP contribution is 1.92. The molecule has 62 valence electrons. The van der Waals surface area contributed by atoms with Crippen LogP contribution in [0.25, 0.3) is 0 Å². The first-order valence-corrected chi connectivity index (χ1v) is 3.41. The lowest BCUT2D eigenvalue weighted by Gasteiger charge is -1.91. The van der Waals surface area contributed by atoms with Gasteiger partial charge in [-0.25, -0.2) is 4.79 Å². The van der Waals surface area contributed by atoms with Crippen molar-refractivity contribution in [1.82, 2.24) is 5.32 Å². The molecule has 0 fully saturated rings. The van der Waals surface area contributed by atoms with E-state index >= 15 is 0 Å². The second-order valence-corrected chi connectivity index (χ2v) is 2.13. The molecule has 0 rings (SSSR count). The van der Waals surface area contributed by atoms with Crippen LogP contribution in [-0.4, -0.2) is 23.9 Å². The highest BCUT2D eigenvalue weighted by atomic mass is 32.2. The van der Waals surface area contributed by atoms with Crippen LogP contribution in [0.3, 0.4) is 0 Å². The fourth-order valence-corrected chi connectivity index (χ4v) is 0.378. The maximum Gasteiger partial charge on any atom is 0.433 e. The van der Waals surface area contributed by atoms with Gasteiger partial charge in [0.15, 0.2) is 0 Å². The summed E-state index contributed by atoms with van der Waals surface area (Å²) >= 11 is 0.626. The highest BCUT2D eigenvalue weighted by molar-refractivity contribution is 8.24. The molecule has 11 heavy (non-hydrogen) atoms. The van der Waals surface area contributed by atoms with Gasteiger partial charge in [-0.1, -0.05) is 5.16 Å². The van der Waals surface area contributed by atoms with Crippen molar-refractivity contribution < 1.29 is 14.4 Å². The largest absolute Gasteiger partial charge is 0.433 e. The van der Waals surface area contributed by atoms with E-state index in [9.17, 15) is 9.59 Å². The molecule has 0 bridgehead atoms. The van der Waals surface area contributed by atoms with Crippen molar-refractivity contribution in [3.8, 4) is 0 Å². The first-order valence-electron chi connectivity index (χ1n) is 2.53. The molecule has 3 N–H and O–H groups in total. The average Bonchev–Trinajstić information content (AvgIpc) is 1.97. The average molecular weight is 177 g/mol. The molecule has 0 aliphatic carbocycles. The van der Waals surface area contributed by atoms with Crippen molar-refractivity contribution in [3.05, 3.63) is 0 Å². The van der Waals surface area contributed by atoms with Crippen LogP contribution in [0.4, 0.5) is 9.59 Å². The van der Waals surface area contributed by atoms with Crippen LogP contribution in [0.1, 0.15) is 0 Å². The first-order chi connectivity index (χ1) is 5.16. The number of carbonyl (C=O) groups excluding carboxylic acids is 2. The van der Waals surface area contributed by atoms with Crippen molar-refractivity contribution in [3.63, 3.8) is 0 Å². The normalized spacial score (nSPS) is 9.55. The fraction of sp³-hybridized carbons (Fsp3) is 0.250. The van der Waals surface area contributed by atoms with Gasteiger partial charge in [0.25, 0.3) is 5.24 Å². The Balaban J connectivity index is 3.44. The second-order valence-electron chi connectivity index (χ2n) is 1.28. The summed E-state index contributed by atoms with van der Waals surface area (Å²) in [5.41, 5.74) is 5.74. The number of hydrogen-bond donors (Lipinski definition) is 2. The molecule has 0 radical (unpaired) electrons. The van der Waals surface area contributed by atoms with Crippen LogP contribution in [-0.2, 0) is 4.84 Å². The van der Waals surface area contributed by atoms with Gasteiger partial charge < -0.3 is 11.1 Å². The lowest BCUT2D eigenvalue weighted by atomic mass is 11.1. The van der Waals surface area contributed by atoms with Gasteiger partial charge in [-0.15, -0.1) is 0 Å². The quantitative estimate of drug-likeness (QED) is 0.270. The summed E-state index contributed by atoms with van der Waals surface area (Å²) in [7, 11) is 1.39. The summed E-state index contributed by atoms with van der Waals surface area (Å²) in [6.45, 7) is 0. The number of nitrogens with zero attached hydrogens (tertiary/aromatic N) is 1. The van der Waals surface area contributed by atoms with Gasteiger partial charge in [-0.2, -0.15) is 0 Å². The van der Waals surface area contributed by atoms with Gasteiger partial charge in [0, 0.05) is 7.05 Å². The van der Waals surface area contributed by atoms with Crippen LogP contribution >= 0.6 is 11.8 Å². The monoisotopic (exact) mass is 177 g/mol. The lowest BCUT2D eigenvalue weighted by molar-refractivity contribution is 0.154. The van der Waals surface area contributed by atoms with E-state index in [1.54, 1.807) is 0 Å². The van der Waals surface area contributed by atoms with Crippen molar-refractivity contribution in [2.24, 2.45) is 10.9 Å². The topological polar surface area (TPSA) is 93.8 Å². The van der Waals surface area contributed by atoms with E-state index in [4.69, 9.17) is 5.73 Å². The van der Waals surface area contributed by atoms with Crippen LogP contribution in [0.15, 0.2) is 5.16 Å². The van der Waals surface area contributed by atoms with E-state index in [2.05, 4.69) is 15.3 Å². The minimum Gasteiger partial charge on any atom is -0.360 e. The SMILES string of the molecule is CNC(=O)ON=CSC(N)=O. The zero-order valence-corrected chi connectivity index (χ0v) is 6.55. The minimum absolute atomic E-state index is 0.616. The first kappa shape index (κ1) is 9.76. The molecule has 0 aromatic carbocycles. The lowest BCUT2D eigenvalue weighted by Crippen LogP contribution is -2.16. The number of oxime groups is 1. The minimum atomic E-state index is -0.702. The molecule has 0 aromatic rings. The molecule has 0 aliphatic heterocycles. The predicted octanol–water partition coefficient (Wildman–Crippen LogP) is 0.0976. The predicted molar refractivity (Wildman–Crippen MR) is 41.2 cm³/mol. The van der Waals surface area contributed by atoms with E-state index in [1.165, 1.54) is 7.05 Å². The smallest absolute Gasteiger partial charge is 0.360 e. The molecule has 0 aliphatic rings. The molecule has 0 unspecified atom stereocenters. The Morgan fingerprint density at radius 2 is 2.36 bits per heavy atom. The van der Waals surface area contributed by atoms with E-state index in [1.807, 2.05) is 0 Å². The van der Waals surface area contributed by atoms with E-state index in [0.29, 0.717) is 11.8 Å². The Kier molecular flexibility index (Phi) is 4.91. The number of carbonyl (C=O) groups is 2. The number of primary amides is 1. The number of hydrogen-bond acceptors (Lipinski definition) is 5. The molecule has 0 spiro atoms. The Morgan fingerprint density at radius 1 is 1.73 bits per heavy atom.